The maximum absolute atomic E-state index is 12.4. The van der Waals surface area contributed by atoms with Crippen LogP contribution in [0.15, 0.2) is 59.5 Å². The molecule has 0 spiro atoms. The van der Waals surface area contributed by atoms with Crippen LogP contribution in [-0.4, -0.2) is 28.2 Å². The number of sulfonamides is 1. The maximum atomic E-state index is 12.4. The monoisotopic (exact) mass is 319 g/mol. The average Bonchev–Trinajstić information content (AvgIpc) is 2.55. The Hall–Kier alpha value is -1.69. The van der Waals surface area contributed by atoms with Crippen molar-refractivity contribution in [2.75, 3.05) is 13.7 Å². The Kier molecular flexibility index (Phi) is 5.71. The molecule has 2 rings (SSSR count). The van der Waals surface area contributed by atoms with E-state index in [0.717, 1.165) is 11.1 Å². The van der Waals surface area contributed by atoms with Gasteiger partial charge >= 0.3 is 0 Å². The second-order valence-electron chi connectivity index (χ2n) is 5.07. The van der Waals surface area contributed by atoms with Gasteiger partial charge in [0.15, 0.2) is 0 Å². The van der Waals surface area contributed by atoms with E-state index in [1.54, 1.807) is 19.2 Å². The van der Waals surface area contributed by atoms with Gasteiger partial charge in [-0.2, -0.15) is 0 Å². The first-order valence-electron chi connectivity index (χ1n) is 7.23. The zero-order valence-electron chi connectivity index (χ0n) is 12.8. The Morgan fingerprint density at radius 3 is 2.14 bits per heavy atom. The van der Waals surface area contributed by atoms with E-state index in [0.29, 0.717) is 13.0 Å². The molecule has 0 amide bonds. The largest absolute Gasteiger partial charge is 0.383 e. The Balaban J connectivity index is 2.19. The van der Waals surface area contributed by atoms with Crippen LogP contribution in [0.2, 0.25) is 0 Å². The molecule has 2 aromatic rings. The first-order chi connectivity index (χ1) is 10.6. The van der Waals surface area contributed by atoms with Gasteiger partial charge in [0.1, 0.15) is 0 Å². The number of benzene rings is 2. The van der Waals surface area contributed by atoms with E-state index in [1.165, 1.54) is 0 Å². The summed E-state index contributed by atoms with van der Waals surface area (Å²) in [6.45, 7) is 2.28. The van der Waals surface area contributed by atoms with E-state index in [9.17, 15) is 8.42 Å². The number of ether oxygens (including phenoxy) is 1. The van der Waals surface area contributed by atoms with Crippen LogP contribution in [0.5, 0.6) is 0 Å². The lowest BCUT2D eigenvalue weighted by Gasteiger charge is -2.16. The van der Waals surface area contributed by atoms with Crippen LogP contribution in [0.25, 0.3) is 11.1 Å². The summed E-state index contributed by atoms with van der Waals surface area (Å²) < 4.78 is 32.4. The molecule has 0 aromatic heterocycles. The van der Waals surface area contributed by atoms with E-state index in [4.69, 9.17) is 4.74 Å². The van der Waals surface area contributed by atoms with Crippen molar-refractivity contribution in [3.8, 4) is 11.1 Å². The first kappa shape index (κ1) is 16.7. The van der Waals surface area contributed by atoms with Gasteiger partial charge in [-0.15, -0.1) is 0 Å². The molecule has 1 N–H and O–H groups in total. The lowest BCUT2D eigenvalue weighted by Crippen LogP contribution is -2.37. The number of hydrogen-bond donors (Lipinski definition) is 1. The zero-order valence-corrected chi connectivity index (χ0v) is 13.6. The predicted octanol–water partition coefficient (Wildman–Crippen LogP) is 3.06. The van der Waals surface area contributed by atoms with Crippen LogP contribution in [0.4, 0.5) is 0 Å². The van der Waals surface area contributed by atoms with Gasteiger partial charge in [0, 0.05) is 13.2 Å². The summed E-state index contributed by atoms with van der Waals surface area (Å²) in [7, 11) is -1.96. The van der Waals surface area contributed by atoms with Gasteiger partial charge in [-0.3, -0.25) is 0 Å². The number of hydrogen-bond acceptors (Lipinski definition) is 3. The van der Waals surface area contributed by atoms with Crippen molar-refractivity contribution < 1.29 is 13.2 Å². The summed E-state index contributed by atoms with van der Waals surface area (Å²) in [6.07, 6.45) is 0.676. The molecule has 0 aliphatic rings. The number of nitrogens with one attached hydrogen (secondary N) is 1. The summed E-state index contributed by atoms with van der Waals surface area (Å²) in [4.78, 5) is 0.265. The summed E-state index contributed by atoms with van der Waals surface area (Å²) in [5, 5.41) is 0. The second-order valence-corrected chi connectivity index (χ2v) is 6.79. The molecular formula is C17H21NO3S. The first-order valence-corrected chi connectivity index (χ1v) is 8.72. The molecule has 2 aromatic carbocycles. The van der Waals surface area contributed by atoms with Crippen LogP contribution < -0.4 is 4.72 Å². The van der Waals surface area contributed by atoms with Gasteiger partial charge in [-0.25, -0.2) is 13.1 Å². The second kappa shape index (κ2) is 7.54. The molecule has 22 heavy (non-hydrogen) atoms. The van der Waals surface area contributed by atoms with Crippen molar-refractivity contribution in [1.29, 1.82) is 0 Å². The van der Waals surface area contributed by atoms with Crippen molar-refractivity contribution in [2.24, 2.45) is 0 Å². The van der Waals surface area contributed by atoms with E-state index in [2.05, 4.69) is 4.72 Å². The van der Waals surface area contributed by atoms with Gasteiger partial charge in [-0.05, 0) is 29.7 Å². The molecule has 0 heterocycles. The molecule has 0 radical (unpaired) electrons. The average molecular weight is 319 g/mol. The van der Waals surface area contributed by atoms with E-state index >= 15 is 0 Å². The maximum Gasteiger partial charge on any atom is 0.240 e. The van der Waals surface area contributed by atoms with Crippen molar-refractivity contribution in [1.82, 2.24) is 4.72 Å². The normalized spacial score (nSPS) is 13.0. The lowest BCUT2D eigenvalue weighted by atomic mass is 10.1. The van der Waals surface area contributed by atoms with E-state index in [1.807, 2.05) is 49.4 Å². The molecule has 118 valence electrons. The molecule has 4 nitrogen and oxygen atoms in total. The summed E-state index contributed by atoms with van der Waals surface area (Å²) >= 11 is 0. The van der Waals surface area contributed by atoms with Gasteiger partial charge in [0.05, 0.1) is 11.5 Å². The van der Waals surface area contributed by atoms with Crippen molar-refractivity contribution in [2.45, 2.75) is 24.3 Å². The fourth-order valence-corrected chi connectivity index (χ4v) is 3.48. The molecule has 0 saturated heterocycles. The summed E-state index contributed by atoms with van der Waals surface area (Å²) in [5.74, 6) is 0. The SMILES string of the molecule is CCC(COC)NS(=O)(=O)c1ccc(-c2ccccc2)cc1. The van der Waals surface area contributed by atoms with Crippen molar-refractivity contribution in [3.05, 3.63) is 54.6 Å². The van der Waals surface area contributed by atoms with E-state index in [-0.39, 0.29) is 10.9 Å². The molecule has 1 unspecified atom stereocenters. The fourth-order valence-electron chi connectivity index (χ4n) is 2.18. The van der Waals surface area contributed by atoms with Crippen LogP contribution in [-0.2, 0) is 14.8 Å². The number of methoxy groups -OCH3 is 1. The standard InChI is InChI=1S/C17H21NO3S/c1-3-16(13-21-2)18-22(19,20)17-11-9-15(10-12-17)14-7-5-4-6-8-14/h4-12,16,18H,3,13H2,1-2H3. The topological polar surface area (TPSA) is 55.4 Å². The van der Waals surface area contributed by atoms with Crippen molar-refractivity contribution >= 4 is 10.0 Å². The summed E-state index contributed by atoms with van der Waals surface area (Å²) in [5.41, 5.74) is 2.05. The molecular weight excluding hydrogens is 298 g/mol. The highest BCUT2D eigenvalue weighted by Crippen LogP contribution is 2.21. The van der Waals surface area contributed by atoms with Gasteiger partial charge in [-0.1, -0.05) is 49.4 Å². The third-order valence-corrected chi connectivity index (χ3v) is 4.99. The number of rotatable bonds is 7. The minimum atomic E-state index is -3.52. The minimum Gasteiger partial charge on any atom is -0.383 e. The molecule has 0 aliphatic heterocycles. The third kappa shape index (κ3) is 4.16. The van der Waals surface area contributed by atoms with E-state index < -0.39 is 10.0 Å². The highest BCUT2D eigenvalue weighted by atomic mass is 32.2. The molecule has 1 atom stereocenters. The molecule has 0 aliphatic carbocycles. The van der Waals surface area contributed by atoms with Crippen molar-refractivity contribution in [3.63, 3.8) is 0 Å². The highest BCUT2D eigenvalue weighted by molar-refractivity contribution is 7.89. The Labute approximate surface area is 132 Å². The Bertz CT molecular complexity index is 682. The lowest BCUT2D eigenvalue weighted by molar-refractivity contribution is 0.173. The van der Waals surface area contributed by atoms with Gasteiger partial charge in [0.25, 0.3) is 0 Å². The van der Waals surface area contributed by atoms with Crippen LogP contribution in [0.1, 0.15) is 13.3 Å². The van der Waals surface area contributed by atoms with Gasteiger partial charge < -0.3 is 4.74 Å². The minimum absolute atomic E-state index is 0.219. The molecule has 0 bridgehead atoms. The Morgan fingerprint density at radius 2 is 1.59 bits per heavy atom. The fraction of sp³-hybridized carbons (Fsp3) is 0.294. The molecule has 0 saturated carbocycles. The van der Waals surface area contributed by atoms with Crippen LogP contribution >= 0.6 is 0 Å². The third-order valence-electron chi connectivity index (χ3n) is 3.45. The summed E-state index contributed by atoms with van der Waals surface area (Å²) in [6, 6.07) is 16.5. The van der Waals surface area contributed by atoms with Crippen LogP contribution in [0.3, 0.4) is 0 Å². The quantitative estimate of drug-likeness (QED) is 0.853. The molecule has 0 fully saturated rings. The predicted molar refractivity (Wildman–Crippen MR) is 88.2 cm³/mol. The highest BCUT2D eigenvalue weighted by Gasteiger charge is 2.18. The van der Waals surface area contributed by atoms with Crippen LogP contribution in [0, 0.1) is 0 Å². The Morgan fingerprint density at radius 1 is 1.00 bits per heavy atom. The molecule has 5 heteroatoms. The van der Waals surface area contributed by atoms with Gasteiger partial charge in [0.2, 0.25) is 10.0 Å². The zero-order chi connectivity index (χ0) is 16.0. The smallest absolute Gasteiger partial charge is 0.240 e.